The van der Waals surface area contributed by atoms with Crippen LogP contribution in [0.25, 0.3) is 0 Å². The zero-order valence-electron chi connectivity index (χ0n) is 13.9. The van der Waals surface area contributed by atoms with Crippen molar-refractivity contribution in [2.24, 2.45) is 0 Å². The standard InChI is InChI=1S/C17H24ClFN2O2/c1-17(2,3)23-16(22)21-8-6-14(7-9-21)20-11-12-4-5-13(18)10-15(12)19/h4-5,10,14,20H,6-9,11H2,1-3H3. The maximum atomic E-state index is 13.7. The number of hydrogen-bond acceptors (Lipinski definition) is 3. The van der Waals surface area contributed by atoms with Crippen molar-refractivity contribution >= 4 is 17.7 Å². The highest BCUT2D eigenvalue weighted by atomic mass is 35.5. The first-order chi connectivity index (χ1) is 10.7. The first-order valence-electron chi connectivity index (χ1n) is 7.90. The molecule has 1 aliphatic rings. The number of benzene rings is 1. The molecule has 0 bridgehead atoms. The Balaban J connectivity index is 1.77. The number of amides is 1. The molecule has 1 heterocycles. The molecule has 4 nitrogen and oxygen atoms in total. The van der Waals surface area contributed by atoms with Crippen molar-refractivity contribution in [3.05, 3.63) is 34.6 Å². The minimum atomic E-state index is -0.474. The number of rotatable bonds is 3. The summed E-state index contributed by atoms with van der Waals surface area (Å²) >= 11 is 5.75. The van der Waals surface area contributed by atoms with Gasteiger partial charge in [0.25, 0.3) is 0 Å². The number of likely N-dealkylation sites (tertiary alicyclic amines) is 1. The molecule has 0 saturated carbocycles. The second-order valence-corrected chi connectivity index (χ2v) is 7.29. The average molecular weight is 343 g/mol. The summed E-state index contributed by atoms with van der Waals surface area (Å²) < 4.78 is 19.1. The third kappa shape index (κ3) is 5.66. The van der Waals surface area contributed by atoms with E-state index >= 15 is 0 Å². The van der Waals surface area contributed by atoms with Gasteiger partial charge in [-0.15, -0.1) is 0 Å². The monoisotopic (exact) mass is 342 g/mol. The second kappa shape index (κ2) is 7.49. The van der Waals surface area contributed by atoms with E-state index < -0.39 is 5.60 Å². The SMILES string of the molecule is CC(C)(C)OC(=O)N1CCC(NCc2ccc(Cl)cc2F)CC1. The van der Waals surface area contributed by atoms with Crippen LogP contribution in [-0.2, 0) is 11.3 Å². The molecule has 0 spiro atoms. The van der Waals surface area contributed by atoms with E-state index in [4.69, 9.17) is 16.3 Å². The van der Waals surface area contributed by atoms with Gasteiger partial charge in [-0.1, -0.05) is 17.7 Å². The predicted molar refractivity (Wildman–Crippen MR) is 89.1 cm³/mol. The zero-order chi connectivity index (χ0) is 17.0. The van der Waals surface area contributed by atoms with E-state index in [-0.39, 0.29) is 18.0 Å². The first kappa shape index (κ1) is 18.0. The van der Waals surface area contributed by atoms with E-state index in [1.165, 1.54) is 6.07 Å². The Labute approximate surface area is 141 Å². The third-order valence-electron chi connectivity index (χ3n) is 3.74. The molecule has 0 unspecified atom stereocenters. The minimum absolute atomic E-state index is 0.264. The van der Waals surface area contributed by atoms with E-state index in [0.29, 0.717) is 30.2 Å². The van der Waals surface area contributed by atoms with Crippen LogP contribution in [0.4, 0.5) is 9.18 Å². The number of nitrogens with zero attached hydrogens (tertiary/aromatic N) is 1. The number of nitrogens with one attached hydrogen (secondary N) is 1. The van der Waals surface area contributed by atoms with Gasteiger partial charge >= 0.3 is 6.09 Å². The van der Waals surface area contributed by atoms with Crippen LogP contribution in [0, 0.1) is 5.82 Å². The zero-order valence-corrected chi connectivity index (χ0v) is 14.6. The summed E-state index contributed by atoms with van der Waals surface area (Å²) in [5.41, 5.74) is 0.127. The maximum Gasteiger partial charge on any atom is 0.410 e. The lowest BCUT2D eigenvalue weighted by Crippen LogP contribution is -2.46. The molecule has 1 aliphatic heterocycles. The maximum absolute atomic E-state index is 13.7. The third-order valence-corrected chi connectivity index (χ3v) is 3.98. The van der Waals surface area contributed by atoms with Gasteiger partial charge in [0.2, 0.25) is 0 Å². The van der Waals surface area contributed by atoms with Crippen LogP contribution in [-0.4, -0.2) is 35.7 Å². The Morgan fingerprint density at radius 3 is 2.61 bits per heavy atom. The molecule has 1 saturated heterocycles. The Kier molecular flexibility index (Phi) is 5.87. The van der Waals surface area contributed by atoms with E-state index in [9.17, 15) is 9.18 Å². The summed E-state index contributed by atoms with van der Waals surface area (Å²) in [6.07, 6.45) is 1.39. The first-order valence-corrected chi connectivity index (χ1v) is 8.27. The fourth-order valence-electron chi connectivity index (χ4n) is 2.51. The lowest BCUT2D eigenvalue weighted by molar-refractivity contribution is 0.0198. The van der Waals surface area contributed by atoms with Gasteiger partial charge in [-0.2, -0.15) is 0 Å². The van der Waals surface area contributed by atoms with Crippen molar-refractivity contribution in [2.45, 2.75) is 51.8 Å². The largest absolute Gasteiger partial charge is 0.444 e. The van der Waals surface area contributed by atoms with Crippen molar-refractivity contribution in [2.75, 3.05) is 13.1 Å². The summed E-state index contributed by atoms with van der Waals surface area (Å²) in [7, 11) is 0. The number of piperidine rings is 1. The van der Waals surface area contributed by atoms with Gasteiger partial charge in [-0.25, -0.2) is 9.18 Å². The van der Waals surface area contributed by atoms with Crippen LogP contribution in [0.15, 0.2) is 18.2 Å². The molecule has 1 amide bonds. The van der Waals surface area contributed by atoms with E-state index in [2.05, 4.69) is 5.32 Å². The second-order valence-electron chi connectivity index (χ2n) is 6.86. The van der Waals surface area contributed by atoms with Gasteiger partial charge in [0.1, 0.15) is 11.4 Å². The molecule has 0 aliphatic carbocycles. The number of ether oxygens (including phenoxy) is 1. The molecule has 0 radical (unpaired) electrons. The van der Waals surface area contributed by atoms with Crippen molar-refractivity contribution in [1.29, 1.82) is 0 Å². The number of carbonyl (C=O) groups excluding carboxylic acids is 1. The van der Waals surface area contributed by atoms with Crippen LogP contribution in [0.2, 0.25) is 5.02 Å². The molecule has 2 rings (SSSR count). The molecule has 128 valence electrons. The predicted octanol–water partition coefficient (Wildman–Crippen LogP) is 3.97. The van der Waals surface area contributed by atoms with Crippen molar-refractivity contribution in [3.63, 3.8) is 0 Å². The Morgan fingerprint density at radius 1 is 1.39 bits per heavy atom. The summed E-state index contributed by atoms with van der Waals surface area (Å²) in [5, 5.41) is 3.74. The molecule has 1 aromatic carbocycles. The van der Waals surface area contributed by atoms with Gasteiger partial charge in [-0.3, -0.25) is 0 Å². The molecular weight excluding hydrogens is 319 g/mol. The lowest BCUT2D eigenvalue weighted by Gasteiger charge is -2.33. The normalized spacial score (nSPS) is 16.5. The highest BCUT2D eigenvalue weighted by molar-refractivity contribution is 6.30. The van der Waals surface area contributed by atoms with Crippen LogP contribution in [0.3, 0.4) is 0 Å². The summed E-state index contributed by atoms with van der Waals surface area (Å²) in [5.74, 6) is -0.295. The fraction of sp³-hybridized carbons (Fsp3) is 0.588. The van der Waals surface area contributed by atoms with Gasteiger partial charge in [0, 0.05) is 36.3 Å². The van der Waals surface area contributed by atoms with Crippen LogP contribution < -0.4 is 5.32 Å². The Morgan fingerprint density at radius 2 is 2.04 bits per heavy atom. The smallest absolute Gasteiger partial charge is 0.410 e. The van der Waals surface area contributed by atoms with Gasteiger partial charge in [0.05, 0.1) is 0 Å². The topological polar surface area (TPSA) is 41.6 Å². The molecule has 0 atom stereocenters. The van der Waals surface area contributed by atoms with E-state index in [1.54, 1.807) is 17.0 Å². The Hall–Kier alpha value is -1.33. The molecule has 0 aromatic heterocycles. The summed E-state index contributed by atoms with van der Waals surface area (Å²) in [6, 6.07) is 4.97. The fourth-order valence-corrected chi connectivity index (χ4v) is 2.67. The van der Waals surface area contributed by atoms with Crippen LogP contribution in [0.5, 0.6) is 0 Å². The quantitative estimate of drug-likeness (QED) is 0.903. The van der Waals surface area contributed by atoms with Crippen LogP contribution >= 0.6 is 11.6 Å². The van der Waals surface area contributed by atoms with Gasteiger partial charge < -0.3 is 15.0 Å². The Bertz CT molecular complexity index is 552. The summed E-state index contributed by atoms with van der Waals surface area (Å²) in [6.45, 7) is 7.34. The number of carbonyl (C=O) groups is 1. The van der Waals surface area contributed by atoms with Crippen molar-refractivity contribution in [3.8, 4) is 0 Å². The molecule has 1 N–H and O–H groups in total. The van der Waals surface area contributed by atoms with E-state index in [1.807, 2.05) is 20.8 Å². The highest BCUT2D eigenvalue weighted by Crippen LogP contribution is 2.17. The molecular formula is C17H24ClFN2O2. The molecule has 23 heavy (non-hydrogen) atoms. The molecule has 1 aromatic rings. The highest BCUT2D eigenvalue weighted by Gasteiger charge is 2.26. The number of halogens is 2. The van der Waals surface area contributed by atoms with Gasteiger partial charge in [-0.05, 0) is 45.7 Å². The van der Waals surface area contributed by atoms with E-state index in [0.717, 1.165) is 12.8 Å². The van der Waals surface area contributed by atoms with Crippen molar-refractivity contribution in [1.82, 2.24) is 10.2 Å². The molecule has 1 fully saturated rings. The summed E-state index contributed by atoms with van der Waals surface area (Å²) in [4.78, 5) is 13.7. The van der Waals surface area contributed by atoms with Gasteiger partial charge in [0.15, 0.2) is 0 Å². The molecule has 6 heteroatoms. The average Bonchev–Trinajstić information content (AvgIpc) is 2.45. The number of hydrogen-bond donors (Lipinski definition) is 1. The van der Waals surface area contributed by atoms with Crippen molar-refractivity contribution < 1.29 is 13.9 Å². The lowest BCUT2D eigenvalue weighted by atomic mass is 10.0. The minimum Gasteiger partial charge on any atom is -0.444 e. The van der Waals surface area contributed by atoms with Crippen LogP contribution in [0.1, 0.15) is 39.2 Å².